The smallest absolute Gasteiger partial charge is 0.383 e. The lowest BCUT2D eigenvalue weighted by Gasteiger charge is -2.09. The van der Waals surface area contributed by atoms with Gasteiger partial charge in [-0.05, 0) is 58.5 Å². The van der Waals surface area contributed by atoms with Crippen LogP contribution in [0, 0.1) is 5.82 Å². The van der Waals surface area contributed by atoms with E-state index < -0.39 is 17.6 Å². The van der Waals surface area contributed by atoms with E-state index in [0.29, 0.717) is 24.8 Å². The van der Waals surface area contributed by atoms with Crippen molar-refractivity contribution in [3.8, 4) is 11.1 Å². The summed E-state index contributed by atoms with van der Waals surface area (Å²) in [6.07, 6.45) is -4.42. The maximum Gasteiger partial charge on any atom is 0.416 e. The van der Waals surface area contributed by atoms with Crippen LogP contribution in [0.4, 0.5) is 17.6 Å². The molecule has 0 radical (unpaired) electrons. The molecule has 3 aromatic carbocycles. The Hall–Kier alpha value is -3.23. The first-order valence-corrected chi connectivity index (χ1v) is 11.3. The van der Waals surface area contributed by atoms with Crippen molar-refractivity contribution in [2.24, 2.45) is 0 Å². The predicted octanol–water partition coefficient (Wildman–Crippen LogP) is 6.69. The van der Waals surface area contributed by atoms with Gasteiger partial charge in [0.25, 0.3) is 5.91 Å². The molecule has 0 aliphatic heterocycles. The first kappa shape index (κ1) is 23.9. The third kappa shape index (κ3) is 5.46. The monoisotopic (exact) mass is 487 g/mol. The second-order valence-corrected chi connectivity index (χ2v) is 8.93. The van der Waals surface area contributed by atoms with Gasteiger partial charge in [0.2, 0.25) is 0 Å². The summed E-state index contributed by atoms with van der Waals surface area (Å²) in [5.74, 6) is -1.11. The Morgan fingerprint density at radius 2 is 1.82 bits per heavy atom. The van der Waals surface area contributed by atoms with Crippen molar-refractivity contribution in [2.45, 2.75) is 12.6 Å². The van der Waals surface area contributed by atoms with Crippen LogP contribution in [0.15, 0.2) is 66.7 Å². The van der Waals surface area contributed by atoms with Gasteiger partial charge in [-0.2, -0.15) is 13.2 Å². The lowest BCUT2D eigenvalue weighted by molar-refractivity contribution is -0.137. The average molecular weight is 488 g/mol. The van der Waals surface area contributed by atoms with Gasteiger partial charge in [0.1, 0.15) is 5.82 Å². The van der Waals surface area contributed by atoms with Gasteiger partial charge in [-0.3, -0.25) is 4.79 Å². The molecule has 34 heavy (non-hydrogen) atoms. The summed E-state index contributed by atoms with van der Waals surface area (Å²) < 4.78 is 58.9. The van der Waals surface area contributed by atoms with Crippen LogP contribution in [0.2, 0.25) is 0 Å². The Balaban J connectivity index is 1.64. The van der Waals surface area contributed by atoms with E-state index in [1.165, 1.54) is 11.3 Å². The Bertz CT molecular complexity index is 1330. The third-order valence-electron chi connectivity index (χ3n) is 5.29. The van der Waals surface area contributed by atoms with Gasteiger partial charge < -0.3 is 10.1 Å². The summed E-state index contributed by atoms with van der Waals surface area (Å²) in [6, 6.07) is 17.5. The number of nitrogens with one attached hydrogen (secondary N) is 1. The van der Waals surface area contributed by atoms with Crippen LogP contribution < -0.4 is 5.32 Å². The number of hydrogen-bond acceptors (Lipinski definition) is 3. The number of benzene rings is 3. The summed E-state index contributed by atoms with van der Waals surface area (Å²) in [5, 5.41) is 3.73. The van der Waals surface area contributed by atoms with Gasteiger partial charge in [0, 0.05) is 35.2 Å². The van der Waals surface area contributed by atoms with Crippen LogP contribution in [-0.4, -0.2) is 26.2 Å². The van der Waals surface area contributed by atoms with Crippen molar-refractivity contribution in [2.75, 3.05) is 20.3 Å². The third-order valence-corrected chi connectivity index (χ3v) is 6.47. The summed E-state index contributed by atoms with van der Waals surface area (Å²) in [4.78, 5) is 13.2. The molecule has 1 amide bonds. The molecule has 1 heterocycles. The first-order chi connectivity index (χ1) is 16.2. The minimum atomic E-state index is -4.61. The van der Waals surface area contributed by atoms with Crippen molar-refractivity contribution in [1.29, 1.82) is 0 Å². The van der Waals surface area contributed by atoms with E-state index in [4.69, 9.17) is 4.74 Å². The minimum absolute atomic E-state index is 0.182. The molecular formula is C26H21F4NO2S. The van der Waals surface area contributed by atoms with Crippen LogP contribution in [0.25, 0.3) is 21.2 Å². The van der Waals surface area contributed by atoms with Gasteiger partial charge in [0.15, 0.2) is 0 Å². The van der Waals surface area contributed by atoms with Crippen LogP contribution in [0.1, 0.15) is 26.4 Å². The van der Waals surface area contributed by atoms with Gasteiger partial charge in [-0.1, -0.05) is 30.3 Å². The van der Waals surface area contributed by atoms with E-state index in [9.17, 15) is 22.4 Å². The van der Waals surface area contributed by atoms with Crippen molar-refractivity contribution < 1.29 is 27.1 Å². The highest BCUT2D eigenvalue weighted by molar-refractivity contribution is 7.19. The van der Waals surface area contributed by atoms with Crippen LogP contribution in [0.5, 0.6) is 0 Å². The van der Waals surface area contributed by atoms with Crippen LogP contribution in [0.3, 0.4) is 0 Å². The number of carbonyl (C=O) groups is 1. The number of amides is 1. The van der Waals surface area contributed by atoms with E-state index in [-0.39, 0.29) is 17.9 Å². The highest BCUT2D eigenvalue weighted by atomic mass is 32.1. The zero-order chi connectivity index (χ0) is 24.3. The first-order valence-electron chi connectivity index (χ1n) is 10.5. The molecular weight excluding hydrogens is 466 g/mol. The molecule has 0 fully saturated rings. The molecule has 0 unspecified atom stereocenters. The Morgan fingerprint density at radius 3 is 2.59 bits per heavy atom. The fourth-order valence-corrected chi connectivity index (χ4v) is 4.97. The Kier molecular flexibility index (Phi) is 7.00. The van der Waals surface area contributed by atoms with Crippen molar-refractivity contribution >= 4 is 27.3 Å². The molecule has 0 saturated carbocycles. The van der Waals surface area contributed by atoms with Gasteiger partial charge >= 0.3 is 6.18 Å². The Labute approximate surface area is 198 Å². The fraction of sp³-hybridized carbons (Fsp3) is 0.192. The number of alkyl halides is 3. The summed E-state index contributed by atoms with van der Waals surface area (Å²) in [6.45, 7) is 0.818. The number of hydrogen-bond donors (Lipinski definition) is 1. The molecule has 3 nitrogen and oxygen atoms in total. The quantitative estimate of drug-likeness (QED) is 0.233. The van der Waals surface area contributed by atoms with Crippen LogP contribution in [-0.2, 0) is 17.3 Å². The van der Waals surface area contributed by atoms with Gasteiger partial charge in [-0.15, -0.1) is 11.3 Å². The summed E-state index contributed by atoms with van der Waals surface area (Å²) in [5.41, 5.74) is 1.54. The highest BCUT2D eigenvalue weighted by Crippen LogP contribution is 2.37. The van der Waals surface area contributed by atoms with Crippen molar-refractivity contribution in [3.05, 3.63) is 94.1 Å². The molecule has 0 atom stereocenters. The molecule has 8 heteroatoms. The molecule has 4 rings (SSSR count). The van der Waals surface area contributed by atoms with E-state index in [0.717, 1.165) is 38.2 Å². The zero-order valence-electron chi connectivity index (χ0n) is 18.2. The molecule has 0 spiro atoms. The molecule has 176 valence electrons. The molecule has 0 bridgehead atoms. The normalized spacial score (nSPS) is 11.7. The number of carbonyl (C=O) groups excluding carboxylic acids is 1. The van der Waals surface area contributed by atoms with E-state index >= 15 is 0 Å². The second kappa shape index (κ2) is 9.95. The van der Waals surface area contributed by atoms with Gasteiger partial charge in [-0.25, -0.2) is 4.39 Å². The minimum Gasteiger partial charge on any atom is -0.383 e. The number of ether oxygens (including phenoxy) is 1. The van der Waals surface area contributed by atoms with Crippen LogP contribution >= 0.6 is 11.3 Å². The highest BCUT2D eigenvalue weighted by Gasteiger charge is 2.31. The number of methoxy groups -OCH3 is 1. The molecule has 0 saturated heterocycles. The van der Waals surface area contributed by atoms with Crippen molar-refractivity contribution in [3.63, 3.8) is 0 Å². The number of thiophene rings is 1. The maximum atomic E-state index is 13.8. The largest absolute Gasteiger partial charge is 0.416 e. The molecule has 0 aliphatic rings. The van der Waals surface area contributed by atoms with E-state index in [1.54, 1.807) is 25.3 Å². The lowest BCUT2D eigenvalue weighted by atomic mass is 10.0. The predicted molar refractivity (Wildman–Crippen MR) is 126 cm³/mol. The number of fused-ring (bicyclic) bond motifs is 1. The second-order valence-electron chi connectivity index (χ2n) is 7.79. The maximum absolute atomic E-state index is 13.8. The topological polar surface area (TPSA) is 38.3 Å². The van der Waals surface area contributed by atoms with E-state index in [1.807, 2.05) is 30.3 Å². The molecule has 1 N–H and O–H groups in total. The Morgan fingerprint density at radius 1 is 1.03 bits per heavy atom. The average Bonchev–Trinajstić information content (AvgIpc) is 3.20. The number of rotatable bonds is 7. The molecule has 1 aromatic heterocycles. The van der Waals surface area contributed by atoms with E-state index in [2.05, 4.69) is 5.32 Å². The SMILES string of the molecule is COCCNC(=O)c1cccc(-c2cccc3cc(Cc4cc(F)cc(C(F)(F)F)c4)sc23)c1. The lowest BCUT2D eigenvalue weighted by Crippen LogP contribution is -2.26. The summed E-state index contributed by atoms with van der Waals surface area (Å²) >= 11 is 1.44. The summed E-state index contributed by atoms with van der Waals surface area (Å²) in [7, 11) is 1.56. The zero-order valence-corrected chi connectivity index (χ0v) is 19.0. The van der Waals surface area contributed by atoms with Crippen molar-refractivity contribution in [1.82, 2.24) is 5.32 Å². The molecule has 4 aromatic rings. The van der Waals surface area contributed by atoms with Gasteiger partial charge in [0.05, 0.1) is 12.2 Å². The standard InChI is InChI=1S/C26H21F4NO2S/c1-33-9-8-31-25(32)19-6-2-4-17(13-19)23-7-3-5-18-14-22(34-24(18)23)12-16-10-20(26(28,29)30)15-21(27)11-16/h2-7,10-11,13-15H,8-9,12H2,1H3,(H,31,32). The number of halogens is 4. The molecule has 0 aliphatic carbocycles. The fourth-order valence-electron chi connectivity index (χ4n) is 3.74.